The topological polar surface area (TPSA) is 144 Å². The van der Waals surface area contributed by atoms with Gasteiger partial charge in [-0.25, -0.2) is 13.2 Å². The summed E-state index contributed by atoms with van der Waals surface area (Å²) in [5.74, 6) is -0.334. The Balaban J connectivity index is 1.47. The quantitative estimate of drug-likeness (QED) is 0.454. The van der Waals surface area contributed by atoms with Crippen LogP contribution < -0.4 is 24.8 Å². The van der Waals surface area contributed by atoms with Gasteiger partial charge in [0.2, 0.25) is 21.7 Å². The average molecular weight is 547 g/mol. The number of carbonyl (C=O) groups is 3. The first kappa shape index (κ1) is 27.2. The molecule has 0 bridgehead atoms. The van der Waals surface area contributed by atoms with Crippen LogP contribution in [0.4, 0.5) is 10.5 Å². The van der Waals surface area contributed by atoms with Gasteiger partial charge in [-0.2, -0.15) is 4.31 Å². The van der Waals surface area contributed by atoms with E-state index in [1.807, 2.05) is 0 Å². The second-order valence-electron chi connectivity index (χ2n) is 9.04. The molecule has 0 spiro atoms. The van der Waals surface area contributed by atoms with Crippen LogP contribution >= 0.6 is 0 Å². The molecule has 2 aliphatic heterocycles. The minimum atomic E-state index is -3.58. The van der Waals surface area contributed by atoms with Crippen LogP contribution in [0.1, 0.15) is 25.3 Å². The molecule has 1 atom stereocenters. The Morgan fingerprint density at radius 2 is 1.58 bits per heavy atom. The highest BCUT2D eigenvalue weighted by Crippen LogP contribution is 2.42. The molecule has 2 aromatic carbocycles. The SMILES string of the molecule is COc1cc([C@@]2(C)NC(=O)N(CC(=O)Nc3ccc(S(=O)(=O)N4CCCC4)cc3)C2=O)cc(OC)c1OC. The van der Waals surface area contributed by atoms with Gasteiger partial charge in [0.05, 0.1) is 26.2 Å². The Morgan fingerprint density at radius 3 is 2.11 bits per heavy atom. The molecule has 204 valence electrons. The van der Waals surface area contributed by atoms with Gasteiger partial charge in [-0.3, -0.25) is 14.5 Å². The van der Waals surface area contributed by atoms with E-state index in [1.165, 1.54) is 56.8 Å². The number of hydrogen-bond donors (Lipinski definition) is 2. The van der Waals surface area contributed by atoms with Crippen molar-refractivity contribution in [1.82, 2.24) is 14.5 Å². The summed E-state index contributed by atoms with van der Waals surface area (Å²) < 4.78 is 42.8. The lowest BCUT2D eigenvalue weighted by Crippen LogP contribution is -2.42. The maximum atomic E-state index is 13.3. The number of nitrogens with zero attached hydrogens (tertiary/aromatic N) is 2. The van der Waals surface area contributed by atoms with Crippen molar-refractivity contribution in [2.24, 2.45) is 0 Å². The van der Waals surface area contributed by atoms with Gasteiger partial charge in [-0.1, -0.05) is 0 Å². The van der Waals surface area contributed by atoms with Gasteiger partial charge in [-0.05, 0) is 61.7 Å². The Bertz CT molecular complexity index is 1330. The molecule has 38 heavy (non-hydrogen) atoms. The van der Waals surface area contributed by atoms with E-state index in [2.05, 4.69) is 10.6 Å². The van der Waals surface area contributed by atoms with Crippen LogP contribution in [0, 0.1) is 0 Å². The summed E-state index contributed by atoms with van der Waals surface area (Å²) in [6.07, 6.45) is 1.66. The van der Waals surface area contributed by atoms with Gasteiger partial charge >= 0.3 is 6.03 Å². The van der Waals surface area contributed by atoms with Crippen molar-refractivity contribution in [2.45, 2.75) is 30.2 Å². The summed E-state index contributed by atoms with van der Waals surface area (Å²) in [7, 11) is 0.735. The molecular formula is C25H30N4O8S. The summed E-state index contributed by atoms with van der Waals surface area (Å²) in [6, 6.07) is 8.13. The molecule has 2 heterocycles. The van der Waals surface area contributed by atoms with Crippen LogP contribution in [0.3, 0.4) is 0 Å². The van der Waals surface area contributed by atoms with E-state index in [4.69, 9.17) is 14.2 Å². The molecule has 4 amide bonds. The Hall–Kier alpha value is -3.84. The van der Waals surface area contributed by atoms with E-state index in [0.717, 1.165) is 17.7 Å². The van der Waals surface area contributed by atoms with Crippen LogP contribution in [-0.2, 0) is 25.2 Å². The maximum absolute atomic E-state index is 13.3. The van der Waals surface area contributed by atoms with Gasteiger partial charge in [-0.15, -0.1) is 0 Å². The van der Waals surface area contributed by atoms with Crippen molar-refractivity contribution in [3.8, 4) is 17.2 Å². The normalized spacial score (nSPS) is 19.8. The number of ether oxygens (including phenoxy) is 3. The number of benzene rings is 2. The molecule has 0 aliphatic carbocycles. The number of urea groups is 1. The Kier molecular flexibility index (Phi) is 7.51. The lowest BCUT2D eigenvalue weighted by atomic mass is 9.91. The third kappa shape index (κ3) is 4.86. The molecular weight excluding hydrogens is 516 g/mol. The van der Waals surface area contributed by atoms with E-state index in [-0.39, 0.29) is 4.90 Å². The number of rotatable bonds is 9. The number of sulfonamides is 1. The van der Waals surface area contributed by atoms with Gasteiger partial charge in [0.1, 0.15) is 12.1 Å². The monoisotopic (exact) mass is 546 g/mol. The lowest BCUT2D eigenvalue weighted by molar-refractivity contribution is -0.133. The zero-order chi connectivity index (χ0) is 27.7. The summed E-state index contributed by atoms with van der Waals surface area (Å²) in [6.45, 7) is 1.95. The van der Waals surface area contributed by atoms with Crippen molar-refractivity contribution in [1.29, 1.82) is 0 Å². The zero-order valence-electron chi connectivity index (χ0n) is 21.6. The van der Waals surface area contributed by atoms with E-state index in [1.54, 1.807) is 12.1 Å². The third-order valence-electron chi connectivity index (χ3n) is 6.66. The van der Waals surface area contributed by atoms with Crippen LogP contribution in [0.2, 0.25) is 0 Å². The maximum Gasteiger partial charge on any atom is 0.325 e. The largest absolute Gasteiger partial charge is 0.493 e. The van der Waals surface area contributed by atoms with E-state index in [9.17, 15) is 22.8 Å². The Morgan fingerprint density at radius 1 is 1.00 bits per heavy atom. The van der Waals surface area contributed by atoms with Crippen molar-refractivity contribution >= 4 is 33.6 Å². The summed E-state index contributed by atoms with van der Waals surface area (Å²) in [5, 5.41) is 5.24. The van der Waals surface area contributed by atoms with Crippen LogP contribution in [0.25, 0.3) is 0 Å². The first-order chi connectivity index (χ1) is 18.0. The fourth-order valence-corrected chi connectivity index (χ4v) is 6.05. The number of methoxy groups -OCH3 is 3. The van der Waals surface area contributed by atoms with Gasteiger partial charge in [0.15, 0.2) is 11.5 Å². The van der Waals surface area contributed by atoms with Gasteiger partial charge < -0.3 is 24.8 Å². The fraction of sp³-hybridized carbons (Fsp3) is 0.400. The van der Waals surface area contributed by atoms with Crippen molar-refractivity contribution in [2.75, 3.05) is 46.3 Å². The van der Waals surface area contributed by atoms with Crippen molar-refractivity contribution < 1.29 is 37.0 Å². The van der Waals surface area contributed by atoms with E-state index < -0.39 is 40.0 Å². The van der Waals surface area contributed by atoms with Gasteiger partial charge in [0, 0.05) is 18.8 Å². The van der Waals surface area contributed by atoms with Crippen molar-refractivity contribution in [3.63, 3.8) is 0 Å². The fourth-order valence-electron chi connectivity index (χ4n) is 4.54. The number of hydrogen-bond acceptors (Lipinski definition) is 8. The minimum Gasteiger partial charge on any atom is -0.493 e. The molecule has 13 heteroatoms. The first-order valence-electron chi connectivity index (χ1n) is 11.9. The van der Waals surface area contributed by atoms with E-state index >= 15 is 0 Å². The molecule has 12 nitrogen and oxygen atoms in total. The number of nitrogens with one attached hydrogen (secondary N) is 2. The standard InChI is InChI=1S/C25H30N4O8S/c1-25(16-13-19(35-2)22(37-4)20(14-16)36-3)23(31)29(24(32)27-25)15-21(30)26-17-7-9-18(10-8-17)38(33,34)28-11-5-6-12-28/h7-10,13-14H,5-6,11-12,15H2,1-4H3,(H,26,30)(H,27,32)/t25-/m1/s1. The number of carbonyl (C=O) groups excluding carboxylic acids is 3. The second kappa shape index (κ2) is 10.5. The summed E-state index contributed by atoms with van der Waals surface area (Å²) >= 11 is 0. The molecule has 0 saturated carbocycles. The molecule has 0 radical (unpaired) electrons. The average Bonchev–Trinajstić information content (AvgIpc) is 3.53. The lowest BCUT2D eigenvalue weighted by Gasteiger charge is -2.24. The second-order valence-corrected chi connectivity index (χ2v) is 11.0. The number of amides is 4. The van der Waals surface area contributed by atoms with Crippen LogP contribution in [0.15, 0.2) is 41.3 Å². The highest BCUT2D eigenvalue weighted by molar-refractivity contribution is 7.89. The highest BCUT2D eigenvalue weighted by Gasteiger charge is 2.50. The minimum absolute atomic E-state index is 0.132. The molecule has 2 fully saturated rings. The summed E-state index contributed by atoms with van der Waals surface area (Å²) in [4.78, 5) is 39.7. The molecule has 2 aliphatic rings. The number of anilines is 1. The molecule has 0 aromatic heterocycles. The van der Waals surface area contributed by atoms with Crippen LogP contribution in [-0.4, -0.2) is 76.4 Å². The summed E-state index contributed by atoms with van der Waals surface area (Å²) in [5.41, 5.74) is -0.784. The highest BCUT2D eigenvalue weighted by atomic mass is 32.2. The predicted octanol–water partition coefficient (Wildman–Crippen LogP) is 1.90. The molecule has 2 saturated heterocycles. The zero-order valence-corrected chi connectivity index (χ0v) is 22.4. The first-order valence-corrected chi connectivity index (χ1v) is 13.3. The number of imide groups is 1. The molecule has 2 N–H and O–H groups in total. The smallest absolute Gasteiger partial charge is 0.325 e. The predicted molar refractivity (Wildman–Crippen MR) is 137 cm³/mol. The third-order valence-corrected chi connectivity index (χ3v) is 8.57. The Labute approximate surface area is 220 Å². The molecule has 2 aromatic rings. The van der Waals surface area contributed by atoms with Crippen molar-refractivity contribution in [3.05, 3.63) is 42.0 Å². The molecule has 4 rings (SSSR count). The molecule has 0 unspecified atom stereocenters. The van der Waals surface area contributed by atoms with Crippen LogP contribution in [0.5, 0.6) is 17.2 Å². The van der Waals surface area contributed by atoms with E-state index in [0.29, 0.717) is 41.6 Å². The van der Waals surface area contributed by atoms with Gasteiger partial charge in [0.25, 0.3) is 5.91 Å².